The molecule has 0 N–H and O–H groups in total. The molecule has 1 aliphatic heterocycles. The van der Waals surface area contributed by atoms with Crippen LogP contribution in [0.1, 0.15) is 0 Å². The van der Waals surface area contributed by atoms with Gasteiger partial charge in [-0.15, -0.1) is 0 Å². The summed E-state index contributed by atoms with van der Waals surface area (Å²) < 4.78 is 6.54. The van der Waals surface area contributed by atoms with E-state index in [1.165, 1.54) is 70.6 Å². The number of ether oxygens (including phenoxy) is 1. The van der Waals surface area contributed by atoms with Gasteiger partial charge in [0, 0.05) is 10.9 Å². The van der Waals surface area contributed by atoms with Gasteiger partial charge in [0.15, 0.2) is 0 Å². The summed E-state index contributed by atoms with van der Waals surface area (Å²) in [6, 6.07) is 48.4. The molecule has 0 radical (unpaired) electrons. The van der Waals surface area contributed by atoms with E-state index in [9.17, 15) is 0 Å². The molecule has 1 nitrogen and oxygen atoms in total. The van der Waals surface area contributed by atoms with Crippen LogP contribution in [0, 0.1) is 0 Å². The first kappa shape index (κ1) is 20.9. The molecule has 0 spiro atoms. The molecule has 0 saturated heterocycles. The maximum atomic E-state index is 6.54. The second kappa shape index (κ2) is 7.69. The Morgan fingerprint density at radius 3 is 1.92 bits per heavy atom. The Labute approximate surface area is 225 Å². The van der Waals surface area contributed by atoms with Crippen LogP contribution < -0.4 is 4.74 Å². The predicted molar refractivity (Wildman–Crippen MR) is 165 cm³/mol. The molecule has 0 atom stereocenters. The van der Waals surface area contributed by atoms with E-state index in [1.54, 1.807) is 0 Å². The molecular formula is C38H22O. The second-order valence-corrected chi connectivity index (χ2v) is 10.5. The third-order valence-electron chi connectivity index (χ3n) is 8.39. The van der Waals surface area contributed by atoms with Gasteiger partial charge in [0.05, 0.1) is 0 Å². The summed E-state index contributed by atoms with van der Waals surface area (Å²) in [5.41, 5.74) is 4.81. The number of hydrogen-bond acceptors (Lipinski definition) is 1. The molecule has 0 bridgehead atoms. The molecule has 0 aliphatic carbocycles. The van der Waals surface area contributed by atoms with Gasteiger partial charge in [0.1, 0.15) is 11.5 Å². The molecule has 1 heteroatoms. The van der Waals surface area contributed by atoms with Crippen molar-refractivity contribution in [2.24, 2.45) is 0 Å². The largest absolute Gasteiger partial charge is 0.456 e. The predicted octanol–water partition coefficient (Wildman–Crippen LogP) is 10.9. The lowest BCUT2D eigenvalue weighted by Crippen LogP contribution is -1.98. The van der Waals surface area contributed by atoms with E-state index in [-0.39, 0.29) is 0 Å². The average Bonchev–Trinajstić information content (AvgIpc) is 3.00. The van der Waals surface area contributed by atoms with E-state index in [0.717, 1.165) is 17.1 Å². The second-order valence-electron chi connectivity index (χ2n) is 10.5. The minimum Gasteiger partial charge on any atom is -0.456 e. The van der Waals surface area contributed by atoms with Crippen LogP contribution in [0.25, 0.3) is 76.1 Å². The Bertz CT molecular complexity index is 2310. The number of fused-ring (bicyclic) bond motifs is 8. The summed E-state index contributed by atoms with van der Waals surface area (Å²) in [7, 11) is 0. The highest BCUT2D eigenvalue weighted by Crippen LogP contribution is 2.49. The number of hydrogen-bond donors (Lipinski definition) is 0. The normalized spacial score (nSPS) is 12.3. The van der Waals surface area contributed by atoms with E-state index in [0.29, 0.717) is 0 Å². The Balaban J connectivity index is 1.30. The molecule has 0 aromatic heterocycles. The molecule has 8 aromatic carbocycles. The van der Waals surface area contributed by atoms with Gasteiger partial charge >= 0.3 is 0 Å². The van der Waals surface area contributed by atoms with Gasteiger partial charge in [-0.25, -0.2) is 0 Å². The van der Waals surface area contributed by atoms with Crippen LogP contribution >= 0.6 is 0 Å². The third-order valence-corrected chi connectivity index (χ3v) is 8.39. The average molecular weight is 495 g/mol. The van der Waals surface area contributed by atoms with Crippen LogP contribution in [0.2, 0.25) is 0 Å². The molecule has 180 valence electrons. The van der Waals surface area contributed by atoms with Gasteiger partial charge in [-0.05, 0) is 95.5 Å². The number of benzene rings is 8. The molecule has 9 rings (SSSR count). The highest BCUT2D eigenvalue weighted by molar-refractivity contribution is 6.17. The van der Waals surface area contributed by atoms with Gasteiger partial charge in [-0.3, -0.25) is 0 Å². The molecule has 0 fully saturated rings. The smallest absolute Gasteiger partial charge is 0.136 e. The highest BCUT2D eigenvalue weighted by atomic mass is 16.5. The molecule has 1 heterocycles. The Kier molecular flexibility index (Phi) is 4.11. The maximum absolute atomic E-state index is 6.54. The van der Waals surface area contributed by atoms with Crippen molar-refractivity contribution in [3.8, 4) is 33.8 Å². The summed E-state index contributed by atoms with van der Waals surface area (Å²) in [4.78, 5) is 0. The van der Waals surface area contributed by atoms with Crippen LogP contribution in [-0.4, -0.2) is 0 Å². The van der Waals surface area contributed by atoms with Gasteiger partial charge in [0.25, 0.3) is 0 Å². The van der Waals surface area contributed by atoms with Crippen LogP contribution in [0.3, 0.4) is 0 Å². The lowest BCUT2D eigenvalue weighted by Gasteiger charge is -2.23. The molecule has 0 saturated carbocycles. The fourth-order valence-electron chi connectivity index (χ4n) is 6.58. The molecule has 0 unspecified atom stereocenters. The Hall–Kier alpha value is -5.14. The summed E-state index contributed by atoms with van der Waals surface area (Å²) >= 11 is 0. The van der Waals surface area contributed by atoms with Crippen molar-refractivity contribution in [2.45, 2.75) is 0 Å². The summed E-state index contributed by atoms with van der Waals surface area (Å²) in [6.07, 6.45) is 0. The van der Waals surface area contributed by atoms with Crippen molar-refractivity contribution < 1.29 is 4.74 Å². The fourth-order valence-corrected chi connectivity index (χ4v) is 6.58. The highest BCUT2D eigenvalue weighted by Gasteiger charge is 2.22. The van der Waals surface area contributed by atoms with Crippen molar-refractivity contribution in [1.82, 2.24) is 0 Å². The first-order chi connectivity index (χ1) is 19.3. The van der Waals surface area contributed by atoms with Crippen molar-refractivity contribution in [3.05, 3.63) is 133 Å². The van der Waals surface area contributed by atoms with Crippen molar-refractivity contribution in [3.63, 3.8) is 0 Å². The minimum atomic E-state index is 0.908. The van der Waals surface area contributed by atoms with Crippen LogP contribution in [0.4, 0.5) is 0 Å². The minimum absolute atomic E-state index is 0.908. The van der Waals surface area contributed by atoms with E-state index < -0.39 is 0 Å². The molecular weight excluding hydrogens is 472 g/mol. The first-order valence-corrected chi connectivity index (χ1v) is 13.4. The zero-order valence-electron chi connectivity index (χ0n) is 21.1. The maximum Gasteiger partial charge on any atom is 0.136 e. The van der Waals surface area contributed by atoms with E-state index in [4.69, 9.17) is 4.74 Å². The number of rotatable bonds is 1. The fraction of sp³-hybridized carbons (Fsp3) is 0. The van der Waals surface area contributed by atoms with Crippen molar-refractivity contribution in [1.29, 1.82) is 0 Å². The van der Waals surface area contributed by atoms with Crippen LogP contribution in [0.15, 0.2) is 133 Å². The zero-order chi connectivity index (χ0) is 25.5. The molecule has 39 heavy (non-hydrogen) atoms. The van der Waals surface area contributed by atoms with E-state index >= 15 is 0 Å². The molecule has 1 aliphatic rings. The third kappa shape index (κ3) is 2.96. The van der Waals surface area contributed by atoms with Crippen molar-refractivity contribution >= 4 is 53.9 Å². The van der Waals surface area contributed by atoms with Gasteiger partial charge < -0.3 is 4.74 Å². The summed E-state index contributed by atoms with van der Waals surface area (Å²) in [5.74, 6) is 1.84. The molecule has 8 aromatic rings. The van der Waals surface area contributed by atoms with Crippen LogP contribution in [-0.2, 0) is 0 Å². The summed E-state index contributed by atoms with van der Waals surface area (Å²) in [6.45, 7) is 0. The van der Waals surface area contributed by atoms with Gasteiger partial charge in [0.2, 0.25) is 0 Å². The first-order valence-electron chi connectivity index (χ1n) is 13.4. The SMILES string of the molecule is c1cc(-c2ccc3c(c2)-c2cccc4c2c(cc2ccccc24)O3)c2cc3c(ccc4ccccc43)cc2c1. The Morgan fingerprint density at radius 1 is 0.333 bits per heavy atom. The lowest BCUT2D eigenvalue weighted by molar-refractivity contribution is 0.488. The molecule has 0 amide bonds. The van der Waals surface area contributed by atoms with Crippen LogP contribution in [0.5, 0.6) is 11.5 Å². The zero-order valence-corrected chi connectivity index (χ0v) is 21.1. The summed E-state index contributed by atoms with van der Waals surface area (Å²) in [5, 5.41) is 12.5. The standard InChI is InChI=1S/C38H22O/c1-3-10-28-23(7-1)15-16-26-19-24-9-5-12-30(33(24)22-34(26)28)27-17-18-36-35(20-27)32-14-6-13-31-29-11-4-2-8-25(29)21-37(39-36)38(31)32/h1-22H. The van der Waals surface area contributed by atoms with E-state index in [1.807, 2.05) is 0 Å². The van der Waals surface area contributed by atoms with Gasteiger partial charge in [-0.2, -0.15) is 0 Å². The topological polar surface area (TPSA) is 9.23 Å². The lowest BCUT2D eigenvalue weighted by atomic mass is 9.89. The Morgan fingerprint density at radius 2 is 1.00 bits per heavy atom. The van der Waals surface area contributed by atoms with E-state index in [2.05, 4.69) is 133 Å². The quantitative estimate of drug-likeness (QED) is 0.163. The monoisotopic (exact) mass is 494 g/mol. The van der Waals surface area contributed by atoms with Gasteiger partial charge in [-0.1, -0.05) is 103 Å². The van der Waals surface area contributed by atoms with Crippen molar-refractivity contribution in [2.75, 3.05) is 0 Å².